The van der Waals surface area contributed by atoms with Crippen molar-refractivity contribution >= 4 is 17.5 Å². The Morgan fingerprint density at radius 1 is 0.906 bits per heavy atom. The fraction of sp³-hybridized carbons (Fsp3) is 0.269. The molecule has 2 amide bonds. The molecule has 0 aliphatic carbocycles. The van der Waals surface area contributed by atoms with Gasteiger partial charge in [-0.2, -0.15) is 0 Å². The normalized spacial score (nSPS) is 13.6. The number of hydrogen-bond donors (Lipinski definition) is 1. The van der Waals surface area contributed by atoms with Crippen LogP contribution in [0.2, 0.25) is 0 Å². The third-order valence-electron chi connectivity index (χ3n) is 5.83. The number of piperidine rings is 1. The third-order valence-corrected chi connectivity index (χ3v) is 5.83. The first kappa shape index (κ1) is 21.7. The van der Waals surface area contributed by atoms with Crippen LogP contribution >= 0.6 is 0 Å². The molecule has 0 spiro atoms. The summed E-state index contributed by atoms with van der Waals surface area (Å²) in [7, 11) is 0. The highest BCUT2D eigenvalue weighted by Crippen LogP contribution is 2.25. The Labute approximate surface area is 188 Å². The Morgan fingerprint density at radius 2 is 1.62 bits per heavy atom. The molecule has 1 aliphatic heterocycles. The standard InChI is InChI=1S/C26H28N4O2/c27-17-25(31)22-8-6-20(7-9-22)19-30(26(32)29-15-2-1-3-16-29)24-12-10-21(11-13-24)23-5-4-14-28-18-23/h4-14,18H,1-3,15-17,19,27H2. The maximum absolute atomic E-state index is 13.5. The number of likely N-dealkylation sites (tertiary alicyclic amines) is 1. The first-order valence-corrected chi connectivity index (χ1v) is 11.0. The van der Waals surface area contributed by atoms with Crippen molar-refractivity contribution in [1.82, 2.24) is 9.88 Å². The number of pyridine rings is 1. The summed E-state index contributed by atoms with van der Waals surface area (Å²) in [6, 6.07) is 19.3. The molecule has 1 fully saturated rings. The Bertz CT molecular complexity index is 1040. The van der Waals surface area contributed by atoms with Crippen molar-refractivity contribution in [2.75, 3.05) is 24.5 Å². The lowest BCUT2D eigenvalue weighted by molar-refractivity contribution is 0.100. The average molecular weight is 429 g/mol. The lowest BCUT2D eigenvalue weighted by atomic mass is 10.1. The molecule has 0 atom stereocenters. The van der Waals surface area contributed by atoms with Crippen molar-refractivity contribution in [2.45, 2.75) is 25.8 Å². The first-order valence-electron chi connectivity index (χ1n) is 11.0. The molecule has 0 unspecified atom stereocenters. The molecule has 0 saturated carbocycles. The van der Waals surface area contributed by atoms with Gasteiger partial charge in [0.05, 0.1) is 13.1 Å². The van der Waals surface area contributed by atoms with Gasteiger partial charge in [0.1, 0.15) is 0 Å². The highest BCUT2D eigenvalue weighted by atomic mass is 16.2. The summed E-state index contributed by atoms with van der Waals surface area (Å²) < 4.78 is 0. The van der Waals surface area contributed by atoms with E-state index in [4.69, 9.17) is 5.73 Å². The van der Waals surface area contributed by atoms with Crippen molar-refractivity contribution in [1.29, 1.82) is 0 Å². The summed E-state index contributed by atoms with van der Waals surface area (Å²) in [4.78, 5) is 33.2. The van der Waals surface area contributed by atoms with Gasteiger partial charge in [-0.3, -0.25) is 14.7 Å². The molecule has 2 heterocycles. The van der Waals surface area contributed by atoms with E-state index in [1.165, 1.54) is 6.42 Å². The van der Waals surface area contributed by atoms with E-state index < -0.39 is 0 Å². The smallest absolute Gasteiger partial charge is 0.324 e. The number of Topliss-reactive ketones (excluding diaryl/α,β-unsaturated/α-hetero) is 1. The molecule has 3 aromatic rings. The number of aromatic nitrogens is 1. The molecule has 0 bridgehead atoms. The average Bonchev–Trinajstić information content (AvgIpc) is 2.88. The number of nitrogens with zero attached hydrogens (tertiary/aromatic N) is 3. The number of carbonyl (C=O) groups is 2. The Morgan fingerprint density at radius 3 is 2.25 bits per heavy atom. The van der Waals surface area contributed by atoms with E-state index in [0.29, 0.717) is 12.1 Å². The molecule has 0 radical (unpaired) electrons. The van der Waals surface area contributed by atoms with Gasteiger partial charge in [-0.1, -0.05) is 42.5 Å². The number of urea groups is 1. The molecular formula is C26H28N4O2. The molecule has 2 N–H and O–H groups in total. The number of anilines is 1. The molecule has 32 heavy (non-hydrogen) atoms. The highest BCUT2D eigenvalue weighted by Gasteiger charge is 2.24. The number of nitrogens with two attached hydrogens (primary N) is 1. The summed E-state index contributed by atoms with van der Waals surface area (Å²) in [5.74, 6) is -0.0937. The van der Waals surface area contributed by atoms with Crippen LogP contribution < -0.4 is 10.6 Å². The topological polar surface area (TPSA) is 79.5 Å². The minimum Gasteiger partial charge on any atom is -0.324 e. The van der Waals surface area contributed by atoms with Crippen LogP contribution in [0.25, 0.3) is 11.1 Å². The van der Waals surface area contributed by atoms with Gasteiger partial charge in [-0.05, 0) is 54.2 Å². The van der Waals surface area contributed by atoms with Gasteiger partial charge in [0.15, 0.2) is 5.78 Å². The largest absolute Gasteiger partial charge is 0.324 e. The molecule has 4 rings (SSSR count). The van der Waals surface area contributed by atoms with Gasteiger partial charge in [-0.25, -0.2) is 4.79 Å². The first-order chi connectivity index (χ1) is 15.7. The van der Waals surface area contributed by atoms with Gasteiger partial charge in [0.2, 0.25) is 0 Å². The van der Waals surface area contributed by atoms with Gasteiger partial charge in [-0.15, -0.1) is 0 Å². The van der Waals surface area contributed by atoms with Crippen molar-refractivity contribution < 1.29 is 9.59 Å². The second-order valence-electron chi connectivity index (χ2n) is 8.03. The minimum absolute atomic E-state index is 0.0117. The number of rotatable bonds is 6. The lowest BCUT2D eigenvalue weighted by Gasteiger charge is -2.33. The van der Waals surface area contributed by atoms with Crippen LogP contribution in [0.4, 0.5) is 10.5 Å². The fourth-order valence-electron chi connectivity index (χ4n) is 3.99. The summed E-state index contributed by atoms with van der Waals surface area (Å²) in [6.07, 6.45) is 6.82. The number of carbonyl (C=O) groups excluding carboxylic acids is 2. The van der Waals surface area contributed by atoms with Gasteiger partial charge in [0.25, 0.3) is 0 Å². The van der Waals surface area contributed by atoms with E-state index >= 15 is 0 Å². The number of benzene rings is 2. The zero-order valence-electron chi connectivity index (χ0n) is 18.1. The van der Waals surface area contributed by atoms with Crippen LogP contribution in [0.1, 0.15) is 35.2 Å². The second kappa shape index (κ2) is 10.2. The Balaban J connectivity index is 1.60. The Hall–Kier alpha value is -3.51. The summed E-state index contributed by atoms with van der Waals surface area (Å²) >= 11 is 0. The van der Waals surface area contributed by atoms with Crippen molar-refractivity contribution in [3.05, 3.63) is 84.2 Å². The van der Waals surface area contributed by atoms with Crippen molar-refractivity contribution in [3.63, 3.8) is 0 Å². The summed E-state index contributed by atoms with van der Waals surface area (Å²) in [5.41, 5.74) is 9.94. The highest BCUT2D eigenvalue weighted by molar-refractivity contribution is 5.97. The van der Waals surface area contributed by atoms with Crippen molar-refractivity contribution in [3.8, 4) is 11.1 Å². The maximum atomic E-state index is 13.5. The zero-order chi connectivity index (χ0) is 22.3. The summed E-state index contributed by atoms with van der Waals surface area (Å²) in [5, 5.41) is 0. The molecule has 1 aliphatic rings. The quantitative estimate of drug-likeness (QED) is 0.586. The molecule has 6 nitrogen and oxygen atoms in total. The van der Waals surface area contributed by atoms with E-state index in [1.54, 1.807) is 18.3 Å². The summed E-state index contributed by atoms with van der Waals surface area (Å²) in [6.45, 7) is 1.99. The van der Waals surface area contributed by atoms with E-state index in [0.717, 1.165) is 48.3 Å². The van der Waals surface area contributed by atoms with Crippen LogP contribution in [0.15, 0.2) is 73.1 Å². The number of hydrogen-bond acceptors (Lipinski definition) is 4. The van der Waals surface area contributed by atoms with Crippen LogP contribution in [-0.4, -0.2) is 41.3 Å². The van der Waals surface area contributed by atoms with E-state index in [2.05, 4.69) is 4.98 Å². The second-order valence-corrected chi connectivity index (χ2v) is 8.03. The van der Waals surface area contributed by atoms with Crippen LogP contribution in [0, 0.1) is 0 Å². The number of amides is 2. The van der Waals surface area contributed by atoms with Crippen LogP contribution in [-0.2, 0) is 6.54 Å². The van der Waals surface area contributed by atoms with Crippen molar-refractivity contribution in [2.24, 2.45) is 5.73 Å². The SMILES string of the molecule is NCC(=O)c1ccc(CN(C(=O)N2CCCCC2)c2ccc(-c3cccnc3)cc2)cc1. The third kappa shape index (κ3) is 5.03. The predicted octanol–water partition coefficient (Wildman–Crippen LogP) is 4.50. The van der Waals surface area contributed by atoms with Gasteiger partial charge in [0, 0.05) is 36.7 Å². The number of ketones is 1. The molecule has 1 aromatic heterocycles. The zero-order valence-corrected chi connectivity index (χ0v) is 18.1. The Kier molecular flexibility index (Phi) is 6.92. The van der Waals surface area contributed by atoms with Gasteiger partial charge >= 0.3 is 6.03 Å². The van der Waals surface area contributed by atoms with Crippen LogP contribution in [0.5, 0.6) is 0 Å². The fourth-order valence-corrected chi connectivity index (χ4v) is 3.99. The molecule has 1 saturated heterocycles. The van der Waals surface area contributed by atoms with Crippen LogP contribution in [0.3, 0.4) is 0 Å². The molecular weight excluding hydrogens is 400 g/mol. The predicted molar refractivity (Wildman–Crippen MR) is 127 cm³/mol. The van der Waals surface area contributed by atoms with E-state index in [1.807, 2.05) is 64.5 Å². The lowest BCUT2D eigenvalue weighted by Crippen LogP contribution is -2.45. The minimum atomic E-state index is -0.0937. The van der Waals surface area contributed by atoms with Gasteiger partial charge < -0.3 is 10.6 Å². The molecule has 2 aromatic carbocycles. The van der Waals surface area contributed by atoms with E-state index in [9.17, 15) is 9.59 Å². The van der Waals surface area contributed by atoms with E-state index in [-0.39, 0.29) is 18.4 Å². The molecule has 6 heteroatoms. The maximum Gasteiger partial charge on any atom is 0.324 e. The molecule has 164 valence electrons. The monoisotopic (exact) mass is 428 g/mol.